The highest BCUT2D eigenvalue weighted by Gasteiger charge is 2.42. The third-order valence-corrected chi connectivity index (χ3v) is 4.30. The van der Waals surface area contributed by atoms with Gasteiger partial charge in [-0.25, -0.2) is 0 Å². The molecular formula is C16H28N2O5. The van der Waals surface area contributed by atoms with Crippen molar-refractivity contribution < 1.29 is 24.6 Å². The summed E-state index contributed by atoms with van der Waals surface area (Å²) in [5, 5.41) is 18.2. The maximum Gasteiger partial charge on any atom is 0.317 e. The van der Waals surface area contributed by atoms with Crippen molar-refractivity contribution in [3.05, 3.63) is 0 Å². The van der Waals surface area contributed by atoms with Gasteiger partial charge in [-0.2, -0.15) is 0 Å². The molecule has 1 fully saturated rings. The second kappa shape index (κ2) is 8.86. The van der Waals surface area contributed by atoms with E-state index in [1.54, 1.807) is 4.90 Å². The SMILES string of the molecule is CC(C)CN1C(=O)[C@H](CCCCN)C[C@H]1CC(C(=O)O)C(=O)O. The number of carbonyl (C=O) groups excluding carboxylic acids is 1. The van der Waals surface area contributed by atoms with E-state index in [0.717, 1.165) is 19.3 Å². The number of likely N-dealkylation sites (tertiary alicyclic amines) is 1. The Morgan fingerprint density at radius 1 is 1.26 bits per heavy atom. The number of hydrogen-bond acceptors (Lipinski definition) is 4. The van der Waals surface area contributed by atoms with Gasteiger partial charge in [0, 0.05) is 18.5 Å². The Balaban J connectivity index is 2.82. The highest BCUT2D eigenvalue weighted by atomic mass is 16.4. The van der Waals surface area contributed by atoms with Crippen LogP contribution < -0.4 is 5.73 Å². The standard InChI is InChI=1S/C16H28N2O5/c1-10(2)9-18-12(8-13(15(20)21)16(22)23)7-11(14(18)19)5-3-4-6-17/h10-13H,3-9,17H2,1-2H3,(H,20,21)(H,22,23)/t11-,12+/m1/s1. The zero-order chi connectivity index (χ0) is 17.6. The van der Waals surface area contributed by atoms with Gasteiger partial charge in [-0.1, -0.05) is 20.3 Å². The number of carboxylic acids is 2. The van der Waals surface area contributed by atoms with Crippen molar-refractivity contribution in [2.75, 3.05) is 13.1 Å². The normalized spacial score (nSPS) is 21.4. The lowest BCUT2D eigenvalue weighted by atomic mass is 9.93. The van der Waals surface area contributed by atoms with Crippen LogP contribution in [-0.4, -0.2) is 52.1 Å². The van der Waals surface area contributed by atoms with E-state index in [-0.39, 0.29) is 30.2 Å². The summed E-state index contributed by atoms with van der Waals surface area (Å²) in [5.74, 6) is -4.03. The number of rotatable bonds is 10. The molecule has 0 unspecified atom stereocenters. The van der Waals surface area contributed by atoms with Crippen LogP contribution in [0.25, 0.3) is 0 Å². The highest BCUT2D eigenvalue weighted by molar-refractivity contribution is 5.93. The number of carbonyl (C=O) groups is 3. The zero-order valence-electron chi connectivity index (χ0n) is 13.9. The smallest absolute Gasteiger partial charge is 0.317 e. The van der Waals surface area contributed by atoms with Crippen molar-refractivity contribution >= 4 is 17.8 Å². The van der Waals surface area contributed by atoms with Gasteiger partial charge in [-0.15, -0.1) is 0 Å². The first-order chi connectivity index (χ1) is 10.8. The minimum absolute atomic E-state index is 0.0234. The minimum atomic E-state index is -1.47. The first-order valence-corrected chi connectivity index (χ1v) is 8.24. The fourth-order valence-corrected chi connectivity index (χ4v) is 3.18. The number of carboxylic acid groups (broad SMARTS) is 2. The van der Waals surface area contributed by atoms with E-state index in [1.807, 2.05) is 13.8 Å². The van der Waals surface area contributed by atoms with Crippen molar-refractivity contribution in [1.29, 1.82) is 0 Å². The molecular weight excluding hydrogens is 300 g/mol. The third-order valence-electron chi connectivity index (χ3n) is 4.30. The highest BCUT2D eigenvalue weighted by Crippen LogP contribution is 2.33. The van der Waals surface area contributed by atoms with E-state index in [1.165, 1.54) is 0 Å². The summed E-state index contributed by atoms with van der Waals surface area (Å²) in [5.41, 5.74) is 5.48. The first kappa shape index (κ1) is 19.4. The Labute approximate surface area is 136 Å². The van der Waals surface area contributed by atoms with E-state index in [2.05, 4.69) is 0 Å². The number of nitrogens with two attached hydrogens (primary N) is 1. The van der Waals surface area contributed by atoms with Gasteiger partial charge < -0.3 is 20.8 Å². The monoisotopic (exact) mass is 328 g/mol. The molecule has 7 nitrogen and oxygen atoms in total. The zero-order valence-corrected chi connectivity index (χ0v) is 13.9. The molecule has 0 aromatic carbocycles. The van der Waals surface area contributed by atoms with E-state index in [4.69, 9.17) is 15.9 Å². The molecule has 2 atom stereocenters. The lowest BCUT2D eigenvalue weighted by Gasteiger charge is -2.27. The molecule has 132 valence electrons. The van der Waals surface area contributed by atoms with Crippen molar-refractivity contribution in [3.63, 3.8) is 0 Å². The van der Waals surface area contributed by atoms with Crippen LogP contribution in [0.4, 0.5) is 0 Å². The number of aliphatic carboxylic acids is 2. The van der Waals surface area contributed by atoms with E-state index in [0.29, 0.717) is 19.5 Å². The Bertz CT molecular complexity index is 424. The van der Waals surface area contributed by atoms with Crippen LogP contribution >= 0.6 is 0 Å². The Hall–Kier alpha value is -1.63. The predicted molar refractivity (Wildman–Crippen MR) is 84.7 cm³/mol. The minimum Gasteiger partial charge on any atom is -0.481 e. The summed E-state index contributed by atoms with van der Waals surface area (Å²) in [4.78, 5) is 36.5. The van der Waals surface area contributed by atoms with Gasteiger partial charge in [0.15, 0.2) is 5.92 Å². The molecule has 0 bridgehead atoms. The van der Waals surface area contributed by atoms with Gasteiger partial charge in [0.1, 0.15) is 0 Å². The maximum absolute atomic E-state index is 12.6. The second-order valence-corrected chi connectivity index (χ2v) is 6.72. The second-order valence-electron chi connectivity index (χ2n) is 6.72. The summed E-state index contributed by atoms with van der Waals surface area (Å²) in [6, 6.07) is -0.315. The fourth-order valence-electron chi connectivity index (χ4n) is 3.18. The van der Waals surface area contributed by atoms with Crippen molar-refractivity contribution in [2.24, 2.45) is 23.5 Å². The molecule has 1 rings (SSSR count). The van der Waals surface area contributed by atoms with Crippen molar-refractivity contribution in [2.45, 2.75) is 52.0 Å². The van der Waals surface area contributed by atoms with Crippen LogP contribution in [0.5, 0.6) is 0 Å². The Morgan fingerprint density at radius 2 is 1.87 bits per heavy atom. The number of unbranched alkanes of at least 4 members (excludes halogenated alkanes) is 1. The van der Waals surface area contributed by atoms with Crippen molar-refractivity contribution in [1.82, 2.24) is 4.90 Å². The van der Waals surface area contributed by atoms with E-state index < -0.39 is 17.9 Å². The van der Waals surface area contributed by atoms with Crippen LogP contribution in [0.15, 0.2) is 0 Å². The summed E-state index contributed by atoms with van der Waals surface area (Å²) < 4.78 is 0. The molecule has 0 saturated carbocycles. The van der Waals surface area contributed by atoms with E-state index >= 15 is 0 Å². The van der Waals surface area contributed by atoms with Crippen LogP contribution in [0.3, 0.4) is 0 Å². The summed E-state index contributed by atoms with van der Waals surface area (Å²) in [7, 11) is 0. The van der Waals surface area contributed by atoms with Crippen LogP contribution in [0.1, 0.15) is 46.0 Å². The number of nitrogens with zero attached hydrogens (tertiary/aromatic N) is 1. The number of amides is 1. The van der Waals surface area contributed by atoms with Gasteiger partial charge in [0.2, 0.25) is 5.91 Å². The molecule has 1 saturated heterocycles. The molecule has 0 radical (unpaired) electrons. The molecule has 0 aliphatic carbocycles. The third kappa shape index (κ3) is 5.49. The lowest BCUT2D eigenvalue weighted by Crippen LogP contribution is -2.40. The van der Waals surface area contributed by atoms with Crippen LogP contribution in [-0.2, 0) is 14.4 Å². The molecule has 0 aromatic rings. The fraction of sp³-hybridized carbons (Fsp3) is 0.812. The molecule has 4 N–H and O–H groups in total. The summed E-state index contributed by atoms with van der Waals surface area (Å²) in [6.45, 7) is 5.08. The molecule has 1 aliphatic heterocycles. The lowest BCUT2D eigenvalue weighted by molar-refractivity contribution is -0.156. The average molecular weight is 328 g/mol. The predicted octanol–water partition coefficient (Wildman–Crippen LogP) is 1.16. The molecule has 0 aromatic heterocycles. The molecule has 23 heavy (non-hydrogen) atoms. The maximum atomic E-state index is 12.6. The van der Waals surface area contributed by atoms with Gasteiger partial charge in [-0.05, 0) is 38.1 Å². The van der Waals surface area contributed by atoms with Crippen molar-refractivity contribution in [3.8, 4) is 0 Å². The molecule has 0 spiro atoms. The van der Waals surface area contributed by atoms with Gasteiger partial charge in [0.05, 0.1) is 0 Å². The molecule has 1 amide bonds. The summed E-state index contributed by atoms with van der Waals surface area (Å²) >= 11 is 0. The largest absolute Gasteiger partial charge is 0.481 e. The topological polar surface area (TPSA) is 121 Å². The van der Waals surface area contributed by atoms with Gasteiger partial charge >= 0.3 is 11.9 Å². The molecule has 1 heterocycles. The first-order valence-electron chi connectivity index (χ1n) is 8.24. The van der Waals surface area contributed by atoms with Gasteiger partial charge in [-0.3, -0.25) is 14.4 Å². The quantitative estimate of drug-likeness (QED) is 0.409. The Morgan fingerprint density at radius 3 is 2.35 bits per heavy atom. The van der Waals surface area contributed by atoms with Crippen LogP contribution in [0, 0.1) is 17.8 Å². The Kier molecular flexibility index (Phi) is 7.48. The number of hydrogen-bond donors (Lipinski definition) is 3. The molecule has 1 aliphatic rings. The summed E-state index contributed by atoms with van der Waals surface area (Å²) in [6.07, 6.45) is 2.94. The average Bonchev–Trinajstić information content (AvgIpc) is 2.72. The molecule has 7 heteroatoms. The van der Waals surface area contributed by atoms with Gasteiger partial charge in [0.25, 0.3) is 0 Å². The van der Waals surface area contributed by atoms with Crippen LogP contribution in [0.2, 0.25) is 0 Å². The van der Waals surface area contributed by atoms with E-state index in [9.17, 15) is 14.4 Å².